The predicted molar refractivity (Wildman–Crippen MR) is 99.2 cm³/mol. The number of nitriles is 1. The monoisotopic (exact) mass is 359 g/mol. The number of amides is 1. The van der Waals surface area contributed by atoms with Gasteiger partial charge in [-0.3, -0.25) is 9.69 Å². The van der Waals surface area contributed by atoms with Gasteiger partial charge in [-0.2, -0.15) is 5.26 Å². The maximum atomic E-state index is 12.3. The Bertz CT molecular complexity index is 745. The van der Waals surface area contributed by atoms with E-state index in [1.165, 1.54) is 11.8 Å². The highest BCUT2D eigenvalue weighted by Crippen LogP contribution is 2.26. The van der Waals surface area contributed by atoms with Crippen LogP contribution in [0.3, 0.4) is 0 Å². The predicted octanol–water partition coefficient (Wildman–Crippen LogP) is 4.03. The SMILES string of the molecule is CN(CC(=O)Nc1ccccc1SCC#N)Cc1cccc(Cl)c1. The second kappa shape index (κ2) is 9.33. The number of nitrogens with one attached hydrogen (secondary N) is 1. The van der Waals surface area contributed by atoms with Crippen molar-refractivity contribution in [1.82, 2.24) is 4.90 Å². The van der Waals surface area contributed by atoms with Gasteiger partial charge < -0.3 is 5.32 Å². The molecule has 2 aromatic rings. The van der Waals surface area contributed by atoms with Gasteiger partial charge in [0.2, 0.25) is 5.91 Å². The first-order valence-corrected chi connectivity index (χ1v) is 8.76. The molecule has 0 fully saturated rings. The van der Waals surface area contributed by atoms with E-state index in [-0.39, 0.29) is 12.5 Å². The first kappa shape index (κ1) is 18.3. The van der Waals surface area contributed by atoms with Crippen LogP contribution >= 0.6 is 23.4 Å². The lowest BCUT2D eigenvalue weighted by Crippen LogP contribution is -2.30. The van der Waals surface area contributed by atoms with Crippen molar-refractivity contribution in [2.24, 2.45) is 0 Å². The number of para-hydroxylation sites is 1. The average Bonchev–Trinajstić information content (AvgIpc) is 2.53. The molecule has 1 amide bonds. The van der Waals surface area contributed by atoms with Crippen molar-refractivity contribution in [3.05, 3.63) is 59.1 Å². The fraction of sp³-hybridized carbons (Fsp3) is 0.222. The number of rotatable bonds is 7. The van der Waals surface area contributed by atoms with E-state index < -0.39 is 0 Å². The van der Waals surface area contributed by atoms with Crippen molar-refractivity contribution in [2.75, 3.05) is 24.7 Å². The van der Waals surface area contributed by atoms with Gasteiger partial charge >= 0.3 is 0 Å². The van der Waals surface area contributed by atoms with Crippen molar-refractivity contribution < 1.29 is 4.79 Å². The van der Waals surface area contributed by atoms with Gasteiger partial charge in [0.15, 0.2) is 0 Å². The Morgan fingerprint density at radius 3 is 2.83 bits per heavy atom. The summed E-state index contributed by atoms with van der Waals surface area (Å²) in [7, 11) is 1.89. The van der Waals surface area contributed by atoms with Gasteiger partial charge in [0.05, 0.1) is 24.1 Å². The molecule has 24 heavy (non-hydrogen) atoms. The molecular formula is C18H18ClN3OS. The van der Waals surface area contributed by atoms with Gasteiger partial charge in [-0.1, -0.05) is 35.9 Å². The van der Waals surface area contributed by atoms with Gasteiger partial charge in [-0.25, -0.2) is 0 Å². The fourth-order valence-corrected chi connectivity index (χ4v) is 3.13. The fourth-order valence-electron chi connectivity index (χ4n) is 2.24. The Labute approximate surface area is 151 Å². The minimum Gasteiger partial charge on any atom is -0.324 e. The summed E-state index contributed by atoms with van der Waals surface area (Å²) < 4.78 is 0. The lowest BCUT2D eigenvalue weighted by Gasteiger charge is -2.17. The minimum atomic E-state index is -0.0930. The molecule has 0 aliphatic carbocycles. The van der Waals surface area contributed by atoms with E-state index in [1.807, 2.05) is 60.5 Å². The normalized spacial score (nSPS) is 10.4. The third-order valence-electron chi connectivity index (χ3n) is 3.21. The summed E-state index contributed by atoms with van der Waals surface area (Å²) in [5.41, 5.74) is 1.79. The van der Waals surface area contributed by atoms with Gasteiger partial charge in [0.25, 0.3) is 0 Å². The number of likely N-dealkylation sites (N-methyl/N-ethyl adjacent to an activating group) is 1. The Balaban J connectivity index is 1.92. The summed E-state index contributed by atoms with van der Waals surface area (Å²) in [6.45, 7) is 0.905. The Morgan fingerprint density at radius 2 is 2.08 bits per heavy atom. The van der Waals surface area contributed by atoms with Crippen LogP contribution in [0.2, 0.25) is 5.02 Å². The molecule has 0 bridgehead atoms. The first-order valence-electron chi connectivity index (χ1n) is 7.40. The highest BCUT2D eigenvalue weighted by Gasteiger charge is 2.10. The van der Waals surface area contributed by atoms with E-state index >= 15 is 0 Å². The smallest absolute Gasteiger partial charge is 0.238 e. The van der Waals surface area contributed by atoms with Crippen molar-refractivity contribution >= 4 is 35.0 Å². The molecular weight excluding hydrogens is 342 g/mol. The van der Waals surface area contributed by atoms with Gasteiger partial charge in [-0.15, -0.1) is 11.8 Å². The zero-order valence-electron chi connectivity index (χ0n) is 13.3. The van der Waals surface area contributed by atoms with Crippen LogP contribution < -0.4 is 5.32 Å². The van der Waals surface area contributed by atoms with E-state index in [1.54, 1.807) is 0 Å². The summed E-state index contributed by atoms with van der Waals surface area (Å²) in [6.07, 6.45) is 0. The van der Waals surface area contributed by atoms with Gasteiger partial charge in [-0.05, 0) is 36.9 Å². The second-order valence-electron chi connectivity index (χ2n) is 5.29. The van der Waals surface area contributed by atoms with Crippen molar-refractivity contribution in [3.8, 4) is 6.07 Å². The standard InChI is InChI=1S/C18H18ClN3OS/c1-22(12-14-5-4-6-15(19)11-14)13-18(23)21-16-7-2-3-8-17(16)24-10-9-20/h2-8,11H,10,12-13H2,1H3,(H,21,23). The van der Waals surface area contributed by atoms with Crippen LogP contribution in [0.4, 0.5) is 5.69 Å². The van der Waals surface area contributed by atoms with Crippen LogP contribution in [0.15, 0.2) is 53.4 Å². The lowest BCUT2D eigenvalue weighted by atomic mass is 10.2. The number of thioether (sulfide) groups is 1. The molecule has 0 saturated heterocycles. The first-order chi connectivity index (χ1) is 11.6. The zero-order chi connectivity index (χ0) is 17.4. The molecule has 124 valence electrons. The molecule has 2 rings (SSSR count). The maximum absolute atomic E-state index is 12.3. The maximum Gasteiger partial charge on any atom is 0.238 e. The number of benzene rings is 2. The van der Waals surface area contributed by atoms with E-state index in [9.17, 15) is 4.79 Å². The zero-order valence-corrected chi connectivity index (χ0v) is 14.9. The van der Waals surface area contributed by atoms with Crippen LogP contribution in [0, 0.1) is 11.3 Å². The van der Waals surface area contributed by atoms with Gasteiger partial charge in [0.1, 0.15) is 0 Å². The molecule has 0 saturated carbocycles. The van der Waals surface area contributed by atoms with Crippen LogP contribution in [-0.2, 0) is 11.3 Å². The molecule has 0 heterocycles. The van der Waals surface area contributed by atoms with Crippen LogP contribution in [0.25, 0.3) is 0 Å². The van der Waals surface area contributed by atoms with E-state index in [4.69, 9.17) is 16.9 Å². The summed E-state index contributed by atoms with van der Waals surface area (Å²) >= 11 is 7.39. The summed E-state index contributed by atoms with van der Waals surface area (Å²) in [6, 6.07) is 17.2. The quantitative estimate of drug-likeness (QED) is 0.758. The number of hydrogen-bond acceptors (Lipinski definition) is 4. The van der Waals surface area contributed by atoms with Crippen LogP contribution in [0.1, 0.15) is 5.56 Å². The molecule has 2 aromatic carbocycles. The summed E-state index contributed by atoms with van der Waals surface area (Å²) in [5.74, 6) is 0.256. The average molecular weight is 360 g/mol. The number of hydrogen-bond donors (Lipinski definition) is 1. The molecule has 0 aliphatic heterocycles. The molecule has 6 heteroatoms. The largest absolute Gasteiger partial charge is 0.324 e. The highest BCUT2D eigenvalue weighted by atomic mass is 35.5. The Kier molecular flexibility index (Phi) is 7.13. The number of carbonyl (C=O) groups excluding carboxylic acids is 1. The molecule has 0 unspecified atom stereocenters. The molecule has 0 aliphatic rings. The van der Waals surface area contributed by atoms with E-state index in [0.29, 0.717) is 17.3 Å². The molecule has 0 radical (unpaired) electrons. The topological polar surface area (TPSA) is 56.1 Å². The van der Waals surface area contributed by atoms with Crippen molar-refractivity contribution in [1.29, 1.82) is 5.26 Å². The van der Waals surface area contributed by atoms with Gasteiger partial charge in [0, 0.05) is 16.5 Å². The Morgan fingerprint density at radius 1 is 1.29 bits per heavy atom. The summed E-state index contributed by atoms with van der Waals surface area (Å²) in [5, 5.41) is 12.3. The van der Waals surface area contributed by atoms with Crippen molar-refractivity contribution in [3.63, 3.8) is 0 Å². The molecule has 1 N–H and O–H groups in total. The molecule has 0 atom stereocenters. The molecule has 0 aromatic heterocycles. The van der Waals surface area contributed by atoms with Crippen LogP contribution in [-0.4, -0.2) is 30.2 Å². The van der Waals surface area contributed by atoms with E-state index in [0.717, 1.165) is 16.1 Å². The third-order valence-corrected chi connectivity index (χ3v) is 4.38. The summed E-state index contributed by atoms with van der Waals surface area (Å²) in [4.78, 5) is 15.1. The highest BCUT2D eigenvalue weighted by molar-refractivity contribution is 7.99. The lowest BCUT2D eigenvalue weighted by molar-refractivity contribution is -0.117. The second-order valence-corrected chi connectivity index (χ2v) is 6.75. The number of halogens is 1. The number of nitrogens with zero attached hydrogens (tertiary/aromatic N) is 2. The number of anilines is 1. The third kappa shape index (κ3) is 5.89. The molecule has 0 spiro atoms. The van der Waals surface area contributed by atoms with Crippen LogP contribution in [0.5, 0.6) is 0 Å². The van der Waals surface area contributed by atoms with E-state index in [2.05, 4.69) is 11.4 Å². The van der Waals surface area contributed by atoms with Crippen molar-refractivity contribution in [2.45, 2.75) is 11.4 Å². The minimum absolute atomic E-state index is 0.0930. The molecule has 4 nitrogen and oxygen atoms in total. The number of carbonyl (C=O) groups is 1. The Hall–Kier alpha value is -2.00.